The normalized spacial score (nSPS) is 43.8. The number of hydrogen-bond acceptors (Lipinski definition) is 2. The quantitative estimate of drug-likeness (QED) is 0.842. The van der Waals surface area contributed by atoms with Gasteiger partial charge < -0.3 is 9.84 Å². The second-order valence-electron chi connectivity index (χ2n) is 7.79. The fourth-order valence-electron chi connectivity index (χ4n) is 5.40. The number of fused-ring (bicyclic) bond motifs is 1. The van der Waals surface area contributed by atoms with E-state index in [-0.39, 0.29) is 23.0 Å². The van der Waals surface area contributed by atoms with Crippen molar-refractivity contribution in [2.45, 2.75) is 45.3 Å². The van der Waals surface area contributed by atoms with Crippen molar-refractivity contribution in [3.63, 3.8) is 0 Å². The molecule has 1 aromatic carbocycles. The van der Waals surface area contributed by atoms with Gasteiger partial charge in [0, 0.05) is 17.0 Å². The Morgan fingerprint density at radius 3 is 2.62 bits per heavy atom. The Balaban J connectivity index is 1.70. The summed E-state index contributed by atoms with van der Waals surface area (Å²) < 4.78 is 6.13. The summed E-state index contributed by atoms with van der Waals surface area (Å²) in [5, 5.41) is 11.7. The van der Waals surface area contributed by atoms with E-state index in [0.717, 1.165) is 18.1 Å². The van der Waals surface area contributed by atoms with Crippen molar-refractivity contribution in [3.8, 4) is 0 Å². The van der Waals surface area contributed by atoms with Gasteiger partial charge in [-0.05, 0) is 54.2 Å². The molecule has 1 spiro atoms. The minimum absolute atomic E-state index is 0.0540. The molecular weight excluding hydrogens is 284 g/mol. The van der Waals surface area contributed by atoms with Crippen molar-refractivity contribution in [1.29, 1.82) is 0 Å². The standard InChI is InChI=1S/C18H23ClO2/c1-17(2)12-9-14-15(11-3-5-13(19)6-4-11)21-8-7-18(14,10-12)16(17)20/h3-6,12,14-16,20H,7-10H2,1-2H3/t12-,14-,15-,16-,18?/m1/s1. The molecule has 3 fully saturated rings. The van der Waals surface area contributed by atoms with Crippen LogP contribution in [0.2, 0.25) is 5.02 Å². The first kappa shape index (κ1) is 14.0. The summed E-state index contributed by atoms with van der Waals surface area (Å²) >= 11 is 6.00. The predicted octanol–water partition coefficient (Wildman–Crippen LogP) is 4.21. The largest absolute Gasteiger partial charge is 0.392 e. The van der Waals surface area contributed by atoms with Crippen LogP contribution in [0.25, 0.3) is 0 Å². The first-order valence-electron chi connectivity index (χ1n) is 8.00. The summed E-state index contributed by atoms with van der Waals surface area (Å²) in [7, 11) is 0. The summed E-state index contributed by atoms with van der Waals surface area (Å²) in [6.07, 6.45) is 3.26. The zero-order valence-corrected chi connectivity index (χ0v) is 13.4. The van der Waals surface area contributed by atoms with Crippen LogP contribution in [0.1, 0.15) is 44.8 Å². The van der Waals surface area contributed by atoms with Gasteiger partial charge in [-0.1, -0.05) is 37.6 Å². The number of rotatable bonds is 1. The van der Waals surface area contributed by atoms with E-state index in [1.54, 1.807) is 0 Å². The van der Waals surface area contributed by atoms with Gasteiger partial charge >= 0.3 is 0 Å². The van der Waals surface area contributed by atoms with Crippen molar-refractivity contribution >= 4 is 11.6 Å². The summed E-state index contributed by atoms with van der Waals surface area (Å²) in [4.78, 5) is 0. The van der Waals surface area contributed by atoms with E-state index in [1.807, 2.05) is 12.1 Å². The summed E-state index contributed by atoms with van der Waals surface area (Å²) in [5.41, 5.74) is 1.33. The molecular formula is C18H23ClO2. The zero-order chi connectivity index (χ0) is 14.8. The molecule has 2 bridgehead atoms. The van der Waals surface area contributed by atoms with Gasteiger partial charge in [0.25, 0.3) is 0 Å². The lowest BCUT2D eigenvalue weighted by molar-refractivity contribution is -0.164. The fourth-order valence-corrected chi connectivity index (χ4v) is 5.53. The topological polar surface area (TPSA) is 29.5 Å². The average molecular weight is 307 g/mol. The SMILES string of the molecule is CC1(C)[C@@H]2C[C@@H]3[C@@H](c4ccc(Cl)cc4)OCCC3(C2)[C@@H]1O. The smallest absolute Gasteiger partial charge is 0.0859 e. The second-order valence-corrected chi connectivity index (χ2v) is 8.23. The van der Waals surface area contributed by atoms with E-state index in [4.69, 9.17) is 16.3 Å². The molecule has 0 amide bonds. The van der Waals surface area contributed by atoms with Crippen LogP contribution in [0.4, 0.5) is 0 Å². The first-order valence-corrected chi connectivity index (χ1v) is 8.38. The molecule has 1 N–H and O–H groups in total. The molecule has 21 heavy (non-hydrogen) atoms. The number of aliphatic hydroxyl groups is 1. The van der Waals surface area contributed by atoms with Crippen molar-refractivity contribution in [2.75, 3.05) is 6.61 Å². The monoisotopic (exact) mass is 306 g/mol. The molecule has 114 valence electrons. The minimum atomic E-state index is -0.201. The van der Waals surface area contributed by atoms with Crippen LogP contribution in [-0.4, -0.2) is 17.8 Å². The first-order chi connectivity index (χ1) is 9.95. The van der Waals surface area contributed by atoms with Crippen LogP contribution in [0, 0.1) is 22.7 Å². The van der Waals surface area contributed by atoms with Crippen LogP contribution < -0.4 is 0 Å². The number of halogens is 1. The van der Waals surface area contributed by atoms with Gasteiger partial charge in [-0.25, -0.2) is 0 Å². The third kappa shape index (κ3) is 1.79. The third-order valence-electron chi connectivity index (χ3n) is 6.63. The highest BCUT2D eigenvalue weighted by molar-refractivity contribution is 6.30. The van der Waals surface area contributed by atoms with Crippen LogP contribution >= 0.6 is 11.6 Å². The lowest BCUT2D eigenvalue weighted by Crippen LogP contribution is -2.51. The number of hydrogen-bond donors (Lipinski definition) is 1. The average Bonchev–Trinajstić information content (AvgIpc) is 2.94. The maximum Gasteiger partial charge on any atom is 0.0859 e. The van der Waals surface area contributed by atoms with E-state index < -0.39 is 0 Å². The Bertz CT molecular complexity index is 553. The molecule has 2 aliphatic carbocycles. The molecule has 0 aromatic heterocycles. The number of aliphatic hydroxyl groups excluding tert-OH is 1. The van der Waals surface area contributed by atoms with E-state index in [2.05, 4.69) is 26.0 Å². The lowest BCUT2D eigenvalue weighted by atomic mass is 9.60. The Morgan fingerprint density at radius 1 is 1.24 bits per heavy atom. The van der Waals surface area contributed by atoms with Crippen molar-refractivity contribution in [1.82, 2.24) is 0 Å². The molecule has 4 rings (SSSR count). The second kappa shape index (κ2) is 4.47. The molecule has 2 nitrogen and oxygen atoms in total. The fraction of sp³-hybridized carbons (Fsp3) is 0.667. The van der Waals surface area contributed by atoms with Crippen LogP contribution in [0.15, 0.2) is 24.3 Å². The van der Waals surface area contributed by atoms with E-state index in [1.165, 1.54) is 18.4 Å². The van der Waals surface area contributed by atoms with Gasteiger partial charge in [0.15, 0.2) is 0 Å². The van der Waals surface area contributed by atoms with Gasteiger partial charge in [0.2, 0.25) is 0 Å². The van der Waals surface area contributed by atoms with Crippen molar-refractivity contribution in [2.24, 2.45) is 22.7 Å². The van der Waals surface area contributed by atoms with E-state index in [0.29, 0.717) is 11.8 Å². The summed E-state index contributed by atoms with van der Waals surface area (Å²) in [5.74, 6) is 1.06. The van der Waals surface area contributed by atoms with Crippen LogP contribution in [-0.2, 0) is 4.74 Å². The molecule has 3 heteroatoms. The highest BCUT2D eigenvalue weighted by Gasteiger charge is 2.67. The van der Waals surface area contributed by atoms with Crippen molar-refractivity contribution in [3.05, 3.63) is 34.9 Å². The lowest BCUT2D eigenvalue weighted by Gasteiger charge is -2.51. The van der Waals surface area contributed by atoms with Gasteiger partial charge in [-0.15, -0.1) is 0 Å². The minimum Gasteiger partial charge on any atom is -0.392 e. The summed E-state index contributed by atoms with van der Waals surface area (Å²) in [6, 6.07) is 8.04. The molecule has 1 saturated heterocycles. The molecule has 1 heterocycles. The molecule has 1 aliphatic heterocycles. The zero-order valence-electron chi connectivity index (χ0n) is 12.7. The predicted molar refractivity (Wildman–Crippen MR) is 83.2 cm³/mol. The third-order valence-corrected chi connectivity index (χ3v) is 6.89. The van der Waals surface area contributed by atoms with Gasteiger partial charge in [-0.3, -0.25) is 0 Å². The molecule has 0 radical (unpaired) electrons. The van der Waals surface area contributed by atoms with Crippen LogP contribution in [0.5, 0.6) is 0 Å². The molecule has 5 atom stereocenters. The van der Waals surface area contributed by atoms with E-state index >= 15 is 0 Å². The van der Waals surface area contributed by atoms with Gasteiger partial charge in [0.1, 0.15) is 0 Å². The molecule has 1 unspecified atom stereocenters. The highest BCUT2D eigenvalue weighted by atomic mass is 35.5. The Kier molecular flexibility index (Phi) is 2.99. The van der Waals surface area contributed by atoms with Gasteiger partial charge in [0.05, 0.1) is 12.2 Å². The molecule has 3 aliphatic rings. The summed E-state index contributed by atoms with van der Waals surface area (Å²) in [6.45, 7) is 5.23. The Morgan fingerprint density at radius 2 is 1.95 bits per heavy atom. The highest BCUT2D eigenvalue weighted by Crippen LogP contribution is 2.70. The maximum absolute atomic E-state index is 11.0. The Hall–Kier alpha value is -0.570. The van der Waals surface area contributed by atoms with Crippen LogP contribution in [0.3, 0.4) is 0 Å². The number of benzene rings is 1. The Labute approximate surface area is 131 Å². The maximum atomic E-state index is 11.0. The van der Waals surface area contributed by atoms with E-state index in [9.17, 15) is 5.11 Å². The molecule has 2 saturated carbocycles. The number of ether oxygens (including phenoxy) is 1. The van der Waals surface area contributed by atoms with Crippen molar-refractivity contribution < 1.29 is 9.84 Å². The molecule has 1 aromatic rings. The van der Waals surface area contributed by atoms with Gasteiger partial charge in [-0.2, -0.15) is 0 Å².